The number of nitrogens with zero attached hydrogens (tertiary/aromatic N) is 1. The van der Waals surface area contributed by atoms with Crippen LogP contribution in [0, 0.1) is 6.92 Å². The van der Waals surface area contributed by atoms with Crippen molar-refractivity contribution in [1.29, 1.82) is 0 Å². The molecule has 1 rings (SSSR count). The Labute approximate surface area is 114 Å². The van der Waals surface area contributed by atoms with Crippen molar-refractivity contribution in [1.82, 2.24) is 0 Å². The average Bonchev–Trinajstić information content (AvgIpc) is 2.27. The van der Waals surface area contributed by atoms with Gasteiger partial charge in [-0.2, -0.15) is 4.84 Å². The second kappa shape index (κ2) is 8.09. The molecule has 1 aromatic heterocycles. The number of pyridine rings is 1. The molecule has 4 heteroatoms. The maximum Gasteiger partial charge on any atom is 0.380 e. The largest absolute Gasteiger partial charge is 0.380 e. The predicted molar refractivity (Wildman–Crippen MR) is 71.3 cm³/mol. The first-order valence-electron chi connectivity index (χ1n) is 6.51. The second-order valence-electron chi connectivity index (χ2n) is 4.52. The highest BCUT2D eigenvalue weighted by Gasteiger charge is 2.12. The van der Waals surface area contributed by atoms with Crippen molar-refractivity contribution < 1.29 is 14.4 Å². The molecule has 100 valence electrons. The summed E-state index contributed by atoms with van der Waals surface area (Å²) in [7, 11) is 0. The van der Waals surface area contributed by atoms with Crippen molar-refractivity contribution in [2.24, 2.45) is 0 Å². The summed E-state index contributed by atoms with van der Waals surface area (Å²) in [4.78, 5) is 16.8. The lowest BCUT2D eigenvalue weighted by atomic mass is 10.1. The summed E-state index contributed by atoms with van der Waals surface area (Å²) in [6.07, 6.45) is 9.39. The zero-order chi connectivity index (χ0) is 13.4. The Morgan fingerprint density at radius 1 is 1.28 bits per heavy atom. The van der Waals surface area contributed by atoms with Gasteiger partial charge in [-0.3, -0.25) is 0 Å². The number of hydrogen-bond acceptors (Lipinski definition) is 2. The molecule has 3 nitrogen and oxygen atoms in total. The molecular weight excluding hydrogens is 250 g/mol. The number of carbonyl (C=O) groups excluding carboxylic acids is 1. The van der Waals surface area contributed by atoms with Gasteiger partial charge in [0.1, 0.15) is 5.02 Å². The van der Waals surface area contributed by atoms with E-state index in [9.17, 15) is 4.79 Å². The van der Waals surface area contributed by atoms with Gasteiger partial charge in [-0.15, -0.1) is 0 Å². The quantitative estimate of drug-likeness (QED) is 0.562. The highest BCUT2D eigenvalue weighted by molar-refractivity contribution is 6.30. The molecule has 0 aliphatic carbocycles. The van der Waals surface area contributed by atoms with E-state index >= 15 is 0 Å². The van der Waals surface area contributed by atoms with Crippen LogP contribution in [0.25, 0.3) is 0 Å². The zero-order valence-electron chi connectivity index (χ0n) is 11.1. The maximum atomic E-state index is 11.6. The number of unbranched alkanes of at least 4 members (excludes halogenated alkanes) is 4. The maximum absolute atomic E-state index is 11.6. The molecule has 0 saturated heterocycles. The van der Waals surface area contributed by atoms with Crippen LogP contribution in [0.1, 0.15) is 51.0 Å². The normalized spacial score (nSPS) is 10.4. The molecule has 0 N–H and O–H groups in total. The minimum Gasteiger partial charge on any atom is -0.245 e. The summed E-state index contributed by atoms with van der Waals surface area (Å²) >= 11 is 5.88. The van der Waals surface area contributed by atoms with Gasteiger partial charge in [0.15, 0.2) is 0 Å². The van der Waals surface area contributed by atoms with E-state index in [1.165, 1.54) is 24.0 Å². The van der Waals surface area contributed by atoms with Gasteiger partial charge in [0.25, 0.3) is 0 Å². The van der Waals surface area contributed by atoms with Crippen molar-refractivity contribution in [3.63, 3.8) is 0 Å². The Morgan fingerprint density at radius 2 is 2.00 bits per heavy atom. The standard InChI is InChI=1S/C14H21ClNO2/c1-3-4-5-6-7-8-14(17)18-16-10-12(2)9-13(15)11-16/h9-11H,3-8H2,1-2H3/q+1. The highest BCUT2D eigenvalue weighted by atomic mass is 35.5. The lowest BCUT2D eigenvalue weighted by Crippen LogP contribution is -2.45. The van der Waals surface area contributed by atoms with E-state index in [2.05, 4.69) is 6.92 Å². The van der Waals surface area contributed by atoms with Crippen molar-refractivity contribution >= 4 is 17.6 Å². The molecule has 0 fully saturated rings. The molecule has 0 aromatic carbocycles. The molecule has 0 radical (unpaired) electrons. The first-order valence-corrected chi connectivity index (χ1v) is 6.89. The summed E-state index contributed by atoms with van der Waals surface area (Å²) < 4.78 is 1.38. The van der Waals surface area contributed by atoms with Gasteiger partial charge in [-0.25, -0.2) is 4.79 Å². The molecule has 0 unspecified atom stereocenters. The van der Waals surface area contributed by atoms with Crippen LogP contribution in [0.3, 0.4) is 0 Å². The molecule has 0 bridgehead atoms. The van der Waals surface area contributed by atoms with E-state index in [-0.39, 0.29) is 5.97 Å². The highest BCUT2D eigenvalue weighted by Crippen LogP contribution is 2.06. The lowest BCUT2D eigenvalue weighted by molar-refractivity contribution is -0.869. The van der Waals surface area contributed by atoms with Crippen LogP contribution in [0.2, 0.25) is 5.02 Å². The third kappa shape index (κ3) is 6.01. The number of hydrogen-bond donors (Lipinski definition) is 0. The summed E-state index contributed by atoms with van der Waals surface area (Å²) in [5.74, 6) is -0.210. The fraction of sp³-hybridized carbons (Fsp3) is 0.571. The zero-order valence-corrected chi connectivity index (χ0v) is 11.9. The molecular formula is C14H21ClNO2+. The van der Waals surface area contributed by atoms with Crippen LogP contribution in [0.5, 0.6) is 0 Å². The number of halogens is 1. The van der Waals surface area contributed by atoms with Crippen molar-refractivity contribution in [3.05, 3.63) is 29.0 Å². The van der Waals surface area contributed by atoms with E-state index in [1.54, 1.807) is 12.4 Å². The van der Waals surface area contributed by atoms with Gasteiger partial charge >= 0.3 is 5.97 Å². The molecule has 0 spiro atoms. The Balaban J connectivity index is 2.31. The molecule has 1 aromatic rings. The van der Waals surface area contributed by atoms with Crippen LogP contribution in [0.15, 0.2) is 18.5 Å². The SMILES string of the molecule is CCCCCCCC(=O)O[n+]1cc(C)cc(Cl)c1. The van der Waals surface area contributed by atoms with Crippen LogP contribution >= 0.6 is 11.6 Å². The minimum atomic E-state index is -0.210. The predicted octanol–water partition coefficient (Wildman–Crippen LogP) is 3.25. The lowest BCUT2D eigenvalue weighted by Gasteiger charge is -1.99. The van der Waals surface area contributed by atoms with Crippen LogP contribution in [0.4, 0.5) is 0 Å². The Kier molecular flexibility index (Phi) is 6.73. The van der Waals surface area contributed by atoms with Crippen LogP contribution in [-0.4, -0.2) is 5.97 Å². The molecule has 0 saturated carbocycles. The van der Waals surface area contributed by atoms with Crippen molar-refractivity contribution in [2.45, 2.75) is 52.4 Å². The molecule has 18 heavy (non-hydrogen) atoms. The fourth-order valence-corrected chi connectivity index (χ4v) is 2.01. The molecule has 0 amide bonds. The van der Waals surface area contributed by atoms with Crippen molar-refractivity contribution in [3.8, 4) is 0 Å². The summed E-state index contributed by atoms with van der Waals surface area (Å²) in [5.41, 5.74) is 0.957. The molecule has 0 aliphatic rings. The topological polar surface area (TPSA) is 30.2 Å². The van der Waals surface area contributed by atoms with E-state index in [0.29, 0.717) is 11.4 Å². The average molecular weight is 271 g/mol. The van der Waals surface area contributed by atoms with Gasteiger partial charge in [-0.05, 0) is 19.4 Å². The van der Waals surface area contributed by atoms with E-state index in [0.717, 1.165) is 18.4 Å². The minimum absolute atomic E-state index is 0.210. The fourth-order valence-electron chi connectivity index (χ4n) is 1.74. The summed E-state index contributed by atoms with van der Waals surface area (Å²) in [6.45, 7) is 4.08. The first-order chi connectivity index (χ1) is 8.61. The van der Waals surface area contributed by atoms with Crippen LogP contribution < -0.4 is 9.57 Å². The van der Waals surface area contributed by atoms with Crippen molar-refractivity contribution in [2.75, 3.05) is 0 Å². The smallest absolute Gasteiger partial charge is 0.245 e. The molecule has 1 heterocycles. The third-order valence-corrected chi connectivity index (χ3v) is 2.85. The Morgan fingerprint density at radius 3 is 2.67 bits per heavy atom. The monoisotopic (exact) mass is 270 g/mol. The Bertz CT molecular complexity index is 373. The van der Waals surface area contributed by atoms with E-state index < -0.39 is 0 Å². The van der Waals surface area contributed by atoms with E-state index in [4.69, 9.17) is 16.4 Å². The summed E-state index contributed by atoms with van der Waals surface area (Å²) in [5, 5.41) is 0.561. The third-order valence-electron chi connectivity index (χ3n) is 2.64. The van der Waals surface area contributed by atoms with Crippen LogP contribution in [-0.2, 0) is 4.79 Å². The van der Waals surface area contributed by atoms with Gasteiger partial charge in [0.05, 0.1) is 6.42 Å². The van der Waals surface area contributed by atoms with Gasteiger partial charge in [0.2, 0.25) is 12.4 Å². The second-order valence-corrected chi connectivity index (χ2v) is 4.96. The van der Waals surface area contributed by atoms with E-state index in [1.807, 2.05) is 13.0 Å². The molecule has 0 aliphatic heterocycles. The summed E-state index contributed by atoms with van der Waals surface area (Å²) in [6, 6.07) is 1.82. The number of carbonyl (C=O) groups is 1. The van der Waals surface area contributed by atoms with Gasteiger partial charge < -0.3 is 0 Å². The number of aromatic nitrogens is 1. The first kappa shape index (κ1) is 15.0. The van der Waals surface area contributed by atoms with Gasteiger partial charge in [-0.1, -0.05) is 44.2 Å². The number of rotatable bonds is 7. The van der Waals surface area contributed by atoms with Gasteiger partial charge in [0, 0.05) is 10.3 Å². The molecule has 0 atom stereocenters. The Hall–Kier alpha value is -1.09. The number of aryl methyl sites for hydroxylation is 1.